The maximum Gasteiger partial charge on any atom is 0.375 e. The van der Waals surface area contributed by atoms with Crippen LogP contribution < -0.4 is 0 Å². The van der Waals surface area contributed by atoms with Gasteiger partial charge in [0.05, 0.1) is 6.54 Å². The second-order valence-corrected chi connectivity index (χ2v) is 3.56. The molecule has 0 spiro atoms. The molecule has 1 aromatic carbocycles. The molecule has 0 amide bonds. The second kappa shape index (κ2) is 4.14. The summed E-state index contributed by atoms with van der Waals surface area (Å²) in [6.07, 6.45) is 1.42. The highest BCUT2D eigenvalue weighted by Crippen LogP contribution is 2.04. The topological polar surface area (TPSA) is 68.0 Å². The number of aromatic carboxylic acids is 1. The molecule has 1 aromatic heterocycles. The van der Waals surface area contributed by atoms with Gasteiger partial charge in [-0.2, -0.15) is 0 Å². The maximum absolute atomic E-state index is 10.6. The zero-order valence-electron chi connectivity index (χ0n) is 8.79. The van der Waals surface area contributed by atoms with Gasteiger partial charge in [-0.25, -0.2) is 14.5 Å². The van der Waals surface area contributed by atoms with Crippen molar-refractivity contribution in [2.75, 3.05) is 0 Å². The number of aromatic nitrogens is 3. The Hall–Kier alpha value is -2.17. The van der Waals surface area contributed by atoms with Gasteiger partial charge in [-0.3, -0.25) is 0 Å². The molecular formula is C11H11N3O2. The molecule has 2 aromatic rings. The van der Waals surface area contributed by atoms with Crippen LogP contribution in [0.25, 0.3) is 0 Å². The lowest BCUT2D eigenvalue weighted by Crippen LogP contribution is -2.04. The lowest BCUT2D eigenvalue weighted by molar-refractivity contribution is 0.0683. The van der Waals surface area contributed by atoms with Crippen LogP contribution in [-0.4, -0.2) is 25.8 Å². The van der Waals surface area contributed by atoms with E-state index >= 15 is 0 Å². The number of carboxylic acids is 1. The summed E-state index contributed by atoms with van der Waals surface area (Å²) >= 11 is 0. The van der Waals surface area contributed by atoms with Crippen LogP contribution in [0.3, 0.4) is 0 Å². The second-order valence-electron chi connectivity index (χ2n) is 3.56. The summed E-state index contributed by atoms with van der Waals surface area (Å²) in [5, 5.41) is 12.5. The van der Waals surface area contributed by atoms with Gasteiger partial charge in [0.25, 0.3) is 5.82 Å². The number of rotatable bonds is 3. The largest absolute Gasteiger partial charge is 0.475 e. The third kappa shape index (κ3) is 2.25. The Morgan fingerprint density at radius 1 is 1.38 bits per heavy atom. The van der Waals surface area contributed by atoms with Gasteiger partial charge in [0.2, 0.25) is 0 Å². The smallest absolute Gasteiger partial charge is 0.375 e. The average Bonchev–Trinajstić information content (AvgIpc) is 2.70. The van der Waals surface area contributed by atoms with Gasteiger partial charge in [0.1, 0.15) is 6.33 Å². The van der Waals surface area contributed by atoms with Gasteiger partial charge in [0, 0.05) is 0 Å². The first-order valence-corrected chi connectivity index (χ1v) is 4.83. The molecule has 0 aliphatic carbocycles. The first-order valence-electron chi connectivity index (χ1n) is 4.83. The lowest BCUT2D eigenvalue weighted by atomic mass is 10.1. The van der Waals surface area contributed by atoms with Gasteiger partial charge in [-0.1, -0.05) is 29.8 Å². The van der Waals surface area contributed by atoms with E-state index in [1.807, 2.05) is 31.2 Å². The highest BCUT2D eigenvalue weighted by molar-refractivity contribution is 5.82. The Kier molecular flexibility index (Phi) is 2.68. The number of hydrogen-bond donors (Lipinski definition) is 1. The van der Waals surface area contributed by atoms with E-state index < -0.39 is 5.97 Å². The molecule has 0 aliphatic rings. The molecule has 0 saturated heterocycles. The van der Waals surface area contributed by atoms with Crippen molar-refractivity contribution in [3.63, 3.8) is 0 Å². The van der Waals surface area contributed by atoms with E-state index in [0.717, 1.165) is 5.56 Å². The molecule has 2 rings (SSSR count). The van der Waals surface area contributed by atoms with E-state index in [9.17, 15) is 4.79 Å². The predicted octanol–water partition coefficient (Wildman–Crippen LogP) is 1.33. The highest BCUT2D eigenvalue weighted by atomic mass is 16.4. The average molecular weight is 217 g/mol. The summed E-state index contributed by atoms with van der Waals surface area (Å²) < 4.78 is 1.51. The summed E-state index contributed by atoms with van der Waals surface area (Å²) in [6.45, 7) is 2.54. The summed E-state index contributed by atoms with van der Waals surface area (Å²) in [5.74, 6) is -1.28. The van der Waals surface area contributed by atoms with Crippen molar-refractivity contribution in [1.82, 2.24) is 14.8 Å². The molecule has 1 N–H and O–H groups in total. The van der Waals surface area contributed by atoms with Crippen LogP contribution in [-0.2, 0) is 6.54 Å². The molecule has 5 heteroatoms. The first kappa shape index (κ1) is 10.4. The van der Waals surface area contributed by atoms with Crippen LogP contribution in [0.2, 0.25) is 0 Å². The minimum Gasteiger partial charge on any atom is -0.475 e. The van der Waals surface area contributed by atoms with Gasteiger partial charge in [-0.05, 0) is 12.5 Å². The van der Waals surface area contributed by atoms with Crippen LogP contribution in [0.5, 0.6) is 0 Å². The Bertz CT molecular complexity index is 502. The fourth-order valence-corrected chi connectivity index (χ4v) is 1.35. The fraction of sp³-hybridized carbons (Fsp3) is 0.182. The highest BCUT2D eigenvalue weighted by Gasteiger charge is 2.08. The molecular weight excluding hydrogens is 206 g/mol. The van der Waals surface area contributed by atoms with E-state index in [2.05, 4.69) is 10.1 Å². The van der Waals surface area contributed by atoms with Crippen molar-refractivity contribution in [2.24, 2.45) is 0 Å². The predicted molar refractivity (Wildman–Crippen MR) is 57.3 cm³/mol. The number of hydrogen-bond acceptors (Lipinski definition) is 3. The molecule has 0 aliphatic heterocycles. The van der Waals surface area contributed by atoms with E-state index in [1.165, 1.54) is 16.6 Å². The number of nitrogens with zero attached hydrogens (tertiary/aromatic N) is 3. The molecule has 0 atom stereocenters. The zero-order valence-corrected chi connectivity index (χ0v) is 8.79. The zero-order chi connectivity index (χ0) is 11.5. The van der Waals surface area contributed by atoms with E-state index in [-0.39, 0.29) is 5.82 Å². The van der Waals surface area contributed by atoms with Crippen molar-refractivity contribution in [2.45, 2.75) is 13.5 Å². The number of carboxylic acid groups (broad SMARTS) is 1. The van der Waals surface area contributed by atoms with E-state index in [4.69, 9.17) is 5.11 Å². The SMILES string of the molecule is Cc1ccc(Cn2cnc(C(=O)O)n2)cc1. The van der Waals surface area contributed by atoms with Gasteiger partial charge in [-0.15, -0.1) is 5.10 Å². The first-order chi connectivity index (χ1) is 7.65. The Labute approximate surface area is 92.4 Å². The molecule has 0 fully saturated rings. The monoisotopic (exact) mass is 217 g/mol. The molecule has 0 saturated carbocycles. The van der Waals surface area contributed by atoms with Crippen molar-refractivity contribution < 1.29 is 9.90 Å². The summed E-state index contributed by atoms with van der Waals surface area (Å²) in [6, 6.07) is 7.98. The number of benzene rings is 1. The molecule has 1 heterocycles. The molecule has 82 valence electrons. The van der Waals surface area contributed by atoms with Crippen LogP contribution in [0.4, 0.5) is 0 Å². The summed E-state index contributed by atoms with van der Waals surface area (Å²) in [4.78, 5) is 14.3. The van der Waals surface area contributed by atoms with Crippen molar-refractivity contribution in [1.29, 1.82) is 0 Å². The van der Waals surface area contributed by atoms with Crippen LogP contribution >= 0.6 is 0 Å². The van der Waals surface area contributed by atoms with Crippen molar-refractivity contribution in [3.05, 3.63) is 47.5 Å². The van der Waals surface area contributed by atoms with Crippen LogP contribution in [0.1, 0.15) is 21.7 Å². The van der Waals surface area contributed by atoms with E-state index in [1.54, 1.807) is 0 Å². The Balaban J connectivity index is 2.14. The lowest BCUT2D eigenvalue weighted by Gasteiger charge is -2.01. The Morgan fingerprint density at radius 3 is 2.62 bits per heavy atom. The normalized spacial score (nSPS) is 10.3. The summed E-state index contributed by atoms with van der Waals surface area (Å²) in [7, 11) is 0. The molecule has 0 radical (unpaired) electrons. The van der Waals surface area contributed by atoms with Gasteiger partial charge < -0.3 is 5.11 Å². The van der Waals surface area contributed by atoms with Crippen molar-refractivity contribution in [3.8, 4) is 0 Å². The maximum atomic E-state index is 10.6. The quantitative estimate of drug-likeness (QED) is 0.842. The molecule has 0 bridgehead atoms. The number of carbonyl (C=O) groups is 1. The number of aryl methyl sites for hydroxylation is 1. The van der Waals surface area contributed by atoms with Gasteiger partial charge >= 0.3 is 5.97 Å². The van der Waals surface area contributed by atoms with E-state index in [0.29, 0.717) is 6.54 Å². The fourth-order valence-electron chi connectivity index (χ4n) is 1.35. The third-order valence-corrected chi connectivity index (χ3v) is 2.19. The third-order valence-electron chi connectivity index (χ3n) is 2.19. The standard InChI is InChI=1S/C11H11N3O2/c1-8-2-4-9(5-3-8)6-14-7-12-10(13-14)11(15)16/h2-5,7H,6H2,1H3,(H,15,16). The molecule has 16 heavy (non-hydrogen) atoms. The molecule has 5 nitrogen and oxygen atoms in total. The molecule has 0 unspecified atom stereocenters. The Morgan fingerprint density at radius 2 is 2.06 bits per heavy atom. The van der Waals surface area contributed by atoms with Crippen LogP contribution in [0, 0.1) is 6.92 Å². The summed E-state index contributed by atoms with van der Waals surface area (Å²) in [5.41, 5.74) is 2.25. The minimum atomic E-state index is -1.11. The minimum absolute atomic E-state index is 0.174. The van der Waals surface area contributed by atoms with Gasteiger partial charge in [0.15, 0.2) is 0 Å². The van der Waals surface area contributed by atoms with Crippen molar-refractivity contribution >= 4 is 5.97 Å². The van der Waals surface area contributed by atoms with Crippen LogP contribution in [0.15, 0.2) is 30.6 Å².